The molecule has 1 fully saturated rings. The molecule has 0 bridgehead atoms. The minimum Gasteiger partial charge on any atom is -0.354 e. The molecule has 0 saturated carbocycles. The molecule has 2 aromatic carbocycles. The summed E-state index contributed by atoms with van der Waals surface area (Å²) < 4.78 is 29.7. The highest BCUT2D eigenvalue weighted by atomic mass is 35.5. The standard InChI is InChI=1S/C23H22Cl2N6O2S/c1-16-21(11-17-5-3-2-4-6-17)22(31-23(28-16)26-15-27-31)29-7-9-30(10-8-29)34(32,33)20-13-18(24)12-19(25)14-20/h2-6,12-15H,7-11H2,1H3. The molecule has 4 aromatic rings. The molecule has 0 radical (unpaired) electrons. The lowest BCUT2D eigenvalue weighted by atomic mass is 10.0. The Morgan fingerprint density at radius 3 is 2.32 bits per heavy atom. The number of sulfonamides is 1. The van der Waals surface area contributed by atoms with Gasteiger partial charge in [0.1, 0.15) is 12.1 Å². The summed E-state index contributed by atoms with van der Waals surface area (Å²) >= 11 is 12.1. The van der Waals surface area contributed by atoms with Gasteiger partial charge in [0.2, 0.25) is 10.0 Å². The summed E-state index contributed by atoms with van der Waals surface area (Å²) in [6.07, 6.45) is 2.17. The van der Waals surface area contributed by atoms with Gasteiger partial charge in [-0.15, -0.1) is 0 Å². The highest BCUT2D eigenvalue weighted by Gasteiger charge is 2.31. The summed E-state index contributed by atoms with van der Waals surface area (Å²) in [4.78, 5) is 11.2. The van der Waals surface area contributed by atoms with Crippen molar-refractivity contribution in [1.82, 2.24) is 23.9 Å². The molecule has 0 N–H and O–H groups in total. The molecule has 0 amide bonds. The molecule has 34 heavy (non-hydrogen) atoms. The van der Waals surface area contributed by atoms with E-state index in [1.54, 1.807) is 4.52 Å². The first-order valence-electron chi connectivity index (χ1n) is 10.8. The first-order valence-corrected chi connectivity index (χ1v) is 13.0. The molecule has 176 valence electrons. The summed E-state index contributed by atoms with van der Waals surface area (Å²) in [5.74, 6) is 1.42. The van der Waals surface area contributed by atoms with E-state index in [-0.39, 0.29) is 14.9 Å². The number of halogens is 2. The lowest BCUT2D eigenvalue weighted by molar-refractivity contribution is 0.382. The highest BCUT2D eigenvalue weighted by molar-refractivity contribution is 7.89. The molecule has 5 rings (SSSR count). The zero-order valence-corrected chi connectivity index (χ0v) is 20.7. The van der Waals surface area contributed by atoms with Crippen molar-refractivity contribution < 1.29 is 8.42 Å². The van der Waals surface area contributed by atoms with Gasteiger partial charge >= 0.3 is 0 Å². The van der Waals surface area contributed by atoms with Crippen molar-refractivity contribution in [2.24, 2.45) is 0 Å². The minimum atomic E-state index is -3.72. The average molecular weight is 517 g/mol. The highest BCUT2D eigenvalue weighted by Crippen LogP contribution is 2.29. The van der Waals surface area contributed by atoms with Crippen LogP contribution in [0, 0.1) is 6.92 Å². The summed E-state index contributed by atoms with van der Waals surface area (Å²) in [6, 6.07) is 14.5. The van der Waals surface area contributed by atoms with E-state index in [1.807, 2.05) is 25.1 Å². The Morgan fingerprint density at radius 2 is 1.65 bits per heavy atom. The first-order chi connectivity index (χ1) is 16.3. The Bertz CT molecular complexity index is 1430. The topological polar surface area (TPSA) is 83.7 Å². The fourth-order valence-electron chi connectivity index (χ4n) is 4.27. The molecule has 1 aliphatic heterocycles. The first kappa shape index (κ1) is 23.0. The van der Waals surface area contributed by atoms with Gasteiger partial charge in [0.15, 0.2) is 0 Å². The number of benzene rings is 2. The second kappa shape index (κ2) is 9.14. The van der Waals surface area contributed by atoms with Crippen LogP contribution in [-0.4, -0.2) is 58.5 Å². The third kappa shape index (κ3) is 4.36. The summed E-state index contributed by atoms with van der Waals surface area (Å²) in [7, 11) is -3.72. The van der Waals surface area contributed by atoms with Crippen LogP contribution in [0.2, 0.25) is 10.0 Å². The third-order valence-corrected chi connectivity index (χ3v) is 8.25. The van der Waals surface area contributed by atoms with E-state index in [1.165, 1.54) is 28.8 Å². The van der Waals surface area contributed by atoms with Crippen molar-refractivity contribution >= 4 is 44.8 Å². The lowest BCUT2D eigenvalue weighted by Gasteiger charge is -2.36. The molecule has 0 aliphatic carbocycles. The van der Waals surface area contributed by atoms with E-state index >= 15 is 0 Å². The maximum absolute atomic E-state index is 13.2. The van der Waals surface area contributed by atoms with Crippen molar-refractivity contribution in [2.75, 3.05) is 31.1 Å². The predicted octanol–water partition coefficient (Wildman–Crippen LogP) is 3.84. The summed E-state index contributed by atoms with van der Waals surface area (Å²) in [6.45, 7) is 3.59. The van der Waals surface area contributed by atoms with Crippen molar-refractivity contribution in [1.29, 1.82) is 0 Å². The molecule has 1 aliphatic rings. The van der Waals surface area contributed by atoms with Crippen LogP contribution in [-0.2, 0) is 16.4 Å². The van der Waals surface area contributed by atoms with Gasteiger partial charge in [-0.1, -0.05) is 53.5 Å². The molecule has 11 heteroatoms. The van der Waals surface area contributed by atoms with Crippen molar-refractivity contribution in [2.45, 2.75) is 18.2 Å². The zero-order valence-electron chi connectivity index (χ0n) is 18.4. The number of aromatic nitrogens is 4. The molecular weight excluding hydrogens is 495 g/mol. The minimum absolute atomic E-state index is 0.0987. The average Bonchev–Trinajstić information content (AvgIpc) is 3.27. The number of hydrogen-bond acceptors (Lipinski definition) is 6. The van der Waals surface area contributed by atoms with Gasteiger partial charge in [-0.3, -0.25) is 0 Å². The van der Waals surface area contributed by atoms with Crippen molar-refractivity contribution in [3.63, 3.8) is 0 Å². The Kier molecular flexibility index (Phi) is 6.20. The Hall–Kier alpha value is -2.72. The van der Waals surface area contributed by atoms with E-state index in [2.05, 4.69) is 32.1 Å². The summed E-state index contributed by atoms with van der Waals surface area (Å²) in [5, 5.41) is 4.99. The lowest BCUT2D eigenvalue weighted by Crippen LogP contribution is -2.49. The van der Waals surface area contributed by atoms with Gasteiger partial charge in [0, 0.05) is 53.9 Å². The Balaban J connectivity index is 1.46. The molecular formula is C23H22Cl2N6O2S. The Labute approximate surface area is 207 Å². The number of anilines is 1. The van der Waals surface area contributed by atoms with Crippen LogP contribution in [0.5, 0.6) is 0 Å². The van der Waals surface area contributed by atoms with Gasteiger partial charge in [0.05, 0.1) is 4.90 Å². The van der Waals surface area contributed by atoms with Gasteiger partial charge < -0.3 is 4.90 Å². The van der Waals surface area contributed by atoms with Gasteiger partial charge in [0.25, 0.3) is 5.78 Å². The van der Waals surface area contributed by atoms with Crippen LogP contribution in [0.25, 0.3) is 5.78 Å². The SMILES string of the molecule is Cc1nc2ncnn2c(N2CCN(S(=O)(=O)c3cc(Cl)cc(Cl)c3)CC2)c1Cc1ccccc1. The molecule has 0 spiro atoms. The van der Waals surface area contributed by atoms with E-state index < -0.39 is 10.0 Å². The van der Waals surface area contributed by atoms with Crippen LogP contribution in [0.3, 0.4) is 0 Å². The fourth-order valence-corrected chi connectivity index (χ4v) is 6.42. The maximum Gasteiger partial charge on any atom is 0.254 e. The second-order valence-corrected chi connectivity index (χ2v) is 10.9. The zero-order chi connectivity index (χ0) is 23.9. The molecule has 0 atom stereocenters. The number of hydrogen-bond donors (Lipinski definition) is 0. The quantitative estimate of drug-likeness (QED) is 0.400. The third-order valence-electron chi connectivity index (χ3n) is 5.94. The fraction of sp³-hybridized carbons (Fsp3) is 0.261. The van der Waals surface area contributed by atoms with Crippen LogP contribution in [0.15, 0.2) is 59.8 Å². The normalized spacial score (nSPS) is 15.2. The van der Waals surface area contributed by atoms with Crippen LogP contribution < -0.4 is 4.90 Å². The van der Waals surface area contributed by atoms with Crippen molar-refractivity contribution in [3.05, 3.63) is 81.7 Å². The largest absolute Gasteiger partial charge is 0.354 e. The van der Waals surface area contributed by atoms with Gasteiger partial charge in [-0.25, -0.2) is 13.4 Å². The van der Waals surface area contributed by atoms with Crippen molar-refractivity contribution in [3.8, 4) is 0 Å². The number of piperazine rings is 1. The van der Waals surface area contributed by atoms with Gasteiger partial charge in [-0.05, 0) is 30.7 Å². The smallest absolute Gasteiger partial charge is 0.254 e. The molecule has 2 aromatic heterocycles. The second-order valence-electron chi connectivity index (χ2n) is 8.13. The monoisotopic (exact) mass is 516 g/mol. The molecule has 1 saturated heterocycles. The maximum atomic E-state index is 13.2. The Morgan fingerprint density at radius 1 is 0.971 bits per heavy atom. The van der Waals surface area contributed by atoms with Gasteiger partial charge in [-0.2, -0.15) is 18.9 Å². The van der Waals surface area contributed by atoms with E-state index in [4.69, 9.17) is 23.2 Å². The molecule has 0 unspecified atom stereocenters. The number of fused-ring (bicyclic) bond motifs is 1. The van der Waals surface area contributed by atoms with E-state index in [0.717, 1.165) is 22.6 Å². The molecule has 8 nitrogen and oxygen atoms in total. The summed E-state index contributed by atoms with van der Waals surface area (Å²) in [5.41, 5.74) is 3.08. The number of rotatable bonds is 5. The number of nitrogens with zero attached hydrogens (tertiary/aromatic N) is 6. The van der Waals surface area contributed by atoms with Crippen LogP contribution in [0.1, 0.15) is 16.8 Å². The molecule has 3 heterocycles. The predicted molar refractivity (Wildman–Crippen MR) is 132 cm³/mol. The van der Waals surface area contributed by atoms with E-state index in [9.17, 15) is 8.42 Å². The van der Waals surface area contributed by atoms with E-state index in [0.29, 0.717) is 38.4 Å². The number of aryl methyl sites for hydroxylation is 1. The van der Waals surface area contributed by atoms with Crippen LogP contribution >= 0.6 is 23.2 Å². The van der Waals surface area contributed by atoms with Crippen LogP contribution in [0.4, 0.5) is 5.82 Å².